The first-order valence-corrected chi connectivity index (χ1v) is 14.9. The summed E-state index contributed by atoms with van der Waals surface area (Å²) in [4.78, 5) is 28.8. The van der Waals surface area contributed by atoms with E-state index in [-0.39, 0.29) is 24.1 Å². The van der Waals surface area contributed by atoms with E-state index in [0.29, 0.717) is 24.8 Å². The fourth-order valence-electron chi connectivity index (χ4n) is 6.45. The van der Waals surface area contributed by atoms with Crippen molar-refractivity contribution in [3.05, 3.63) is 114 Å². The summed E-state index contributed by atoms with van der Waals surface area (Å²) in [7, 11) is 0. The molecule has 3 N–H and O–H groups in total. The maximum Gasteiger partial charge on any atom is 0.326 e. The van der Waals surface area contributed by atoms with Crippen LogP contribution in [0.3, 0.4) is 0 Å². The number of carboxylic acid groups (broad SMARTS) is 1. The number of aromatic hydroxyl groups is 1. The van der Waals surface area contributed by atoms with E-state index in [9.17, 15) is 19.8 Å². The summed E-state index contributed by atoms with van der Waals surface area (Å²) in [6.45, 7) is 5.81. The van der Waals surface area contributed by atoms with Crippen molar-refractivity contribution in [2.45, 2.75) is 45.2 Å². The molecule has 0 radical (unpaired) electrons. The molecule has 5 rings (SSSR count). The lowest BCUT2D eigenvalue weighted by Gasteiger charge is -2.45. The molecule has 1 amide bonds. The summed E-state index contributed by atoms with van der Waals surface area (Å²) in [5.74, 6) is -0.720. The zero-order valence-corrected chi connectivity index (χ0v) is 24.3. The number of carbonyl (C=O) groups excluding carboxylic acids is 1. The molecule has 0 spiro atoms. The number of nitrogens with zero attached hydrogens (tertiary/aromatic N) is 1. The second-order valence-electron chi connectivity index (χ2n) is 11.8. The number of fused-ring (bicyclic) bond motifs is 1. The third-order valence-corrected chi connectivity index (χ3v) is 8.94. The second-order valence-corrected chi connectivity index (χ2v) is 11.8. The van der Waals surface area contributed by atoms with Crippen LogP contribution in [0.2, 0.25) is 0 Å². The average Bonchev–Trinajstić information content (AvgIpc) is 2.99. The number of nitrogens with one attached hydrogen (secondary N) is 1. The van der Waals surface area contributed by atoms with Gasteiger partial charge in [-0.15, -0.1) is 0 Å². The highest BCUT2D eigenvalue weighted by Crippen LogP contribution is 2.40. The number of rotatable bonds is 10. The molecule has 6 nitrogen and oxygen atoms in total. The Labute approximate surface area is 248 Å². The molecule has 1 aliphatic heterocycles. The third kappa shape index (κ3) is 6.82. The molecule has 0 aliphatic carbocycles. The highest BCUT2D eigenvalue weighted by atomic mass is 16.4. The average molecular weight is 565 g/mol. The van der Waals surface area contributed by atoms with Gasteiger partial charge in [0.15, 0.2) is 0 Å². The van der Waals surface area contributed by atoms with E-state index >= 15 is 0 Å². The van der Waals surface area contributed by atoms with Gasteiger partial charge in [0.2, 0.25) is 5.91 Å². The molecule has 1 aliphatic rings. The molecular formula is C36H40N2O4. The number of hydrogen-bond acceptors (Lipinski definition) is 4. The summed E-state index contributed by atoms with van der Waals surface area (Å²) in [5.41, 5.74) is 2.96. The van der Waals surface area contributed by atoms with Crippen molar-refractivity contribution in [1.82, 2.24) is 10.2 Å². The summed E-state index contributed by atoms with van der Waals surface area (Å²) in [5, 5.41) is 25.4. The molecular weight excluding hydrogens is 524 g/mol. The first-order chi connectivity index (χ1) is 20.3. The Bertz CT molecular complexity index is 1520. The maximum absolute atomic E-state index is 14.0. The number of likely N-dealkylation sites (tertiary alicyclic amines) is 1. The first kappa shape index (κ1) is 29.3. The van der Waals surface area contributed by atoms with Crippen molar-refractivity contribution in [1.29, 1.82) is 0 Å². The topological polar surface area (TPSA) is 89.9 Å². The van der Waals surface area contributed by atoms with E-state index in [1.807, 2.05) is 91.0 Å². The molecule has 1 saturated heterocycles. The molecule has 1 heterocycles. The van der Waals surface area contributed by atoms with Crippen LogP contribution in [0, 0.1) is 17.8 Å². The van der Waals surface area contributed by atoms with Crippen molar-refractivity contribution < 1.29 is 19.8 Å². The van der Waals surface area contributed by atoms with Gasteiger partial charge in [-0.2, -0.15) is 0 Å². The van der Waals surface area contributed by atoms with E-state index in [1.165, 1.54) is 0 Å². The van der Waals surface area contributed by atoms with Crippen molar-refractivity contribution in [2.75, 3.05) is 13.1 Å². The van der Waals surface area contributed by atoms with Gasteiger partial charge in [-0.05, 0) is 70.8 Å². The molecule has 0 saturated carbocycles. The Morgan fingerprint density at radius 2 is 1.62 bits per heavy atom. The normalized spacial score (nSPS) is 20.6. The Morgan fingerprint density at radius 1 is 0.905 bits per heavy atom. The summed E-state index contributed by atoms with van der Waals surface area (Å²) in [6.07, 6.45) is 1.71. The number of phenols is 1. The standard InChI is InChI=1S/C36H40N2O4/c1-24-18-19-38(34(25(24)2)29-15-9-16-31(39)21-29)23-30(20-26-10-4-3-5-11-26)35(40)37-33(36(41)42)22-28-14-8-13-27-12-6-7-17-32(27)28/h3-17,21,24-25,30,33-34,39H,18-20,22-23H2,1-2H3,(H,37,40)(H,41,42)/t24-,25-,30+,33-,34?/m1/s1. The van der Waals surface area contributed by atoms with E-state index in [0.717, 1.165) is 40.4 Å². The fraction of sp³-hybridized carbons (Fsp3) is 0.333. The van der Waals surface area contributed by atoms with Gasteiger partial charge in [0.1, 0.15) is 11.8 Å². The maximum atomic E-state index is 14.0. The van der Waals surface area contributed by atoms with E-state index in [2.05, 4.69) is 24.1 Å². The van der Waals surface area contributed by atoms with Crippen molar-refractivity contribution in [2.24, 2.45) is 17.8 Å². The molecule has 218 valence electrons. The van der Waals surface area contributed by atoms with Crippen LogP contribution in [0.15, 0.2) is 97.1 Å². The predicted octanol–water partition coefficient (Wildman–Crippen LogP) is 6.24. The summed E-state index contributed by atoms with van der Waals surface area (Å²) < 4.78 is 0. The van der Waals surface area contributed by atoms with E-state index in [4.69, 9.17) is 0 Å². The van der Waals surface area contributed by atoms with E-state index in [1.54, 1.807) is 6.07 Å². The molecule has 4 aromatic carbocycles. The van der Waals surface area contributed by atoms with Gasteiger partial charge >= 0.3 is 5.97 Å². The van der Waals surface area contributed by atoms with Gasteiger partial charge in [0, 0.05) is 19.0 Å². The van der Waals surface area contributed by atoms with Crippen molar-refractivity contribution in [3.63, 3.8) is 0 Å². The largest absolute Gasteiger partial charge is 0.508 e. The number of piperidine rings is 1. The number of carbonyl (C=O) groups is 2. The summed E-state index contributed by atoms with van der Waals surface area (Å²) in [6, 6.07) is 30.1. The molecule has 4 aromatic rings. The monoisotopic (exact) mass is 564 g/mol. The Balaban J connectivity index is 1.41. The van der Waals surface area contributed by atoms with Gasteiger partial charge < -0.3 is 15.5 Å². The number of carboxylic acids is 1. The highest BCUT2D eigenvalue weighted by molar-refractivity contribution is 5.88. The van der Waals surface area contributed by atoms with Crippen molar-refractivity contribution >= 4 is 22.6 Å². The van der Waals surface area contributed by atoms with Crippen LogP contribution in [0.1, 0.15) is 43.0 Å². The summed E-state index contributed by atoms with van der Waals surface area (Å²) >= 11 is 0. The quantitative estimate of drug-likeness (QED) is 0.212. The zero-order valence-electron chi connectivity index (χ0n) is 24.3. The van der Waals surface area contributed by atoms with Crippen LogP contribution in [0.4, 0.5) is 0 Å². The lowest BCUT2D eigenvalue weighted by Crippen LogP contribution is -2.50. The molecule has 6 heteroatoms. The highest BCUT2D eigenvalue weighted by Gasteiger charge is 2.37. The van der Waals surface area contributed by atoms with Crippen LogP contribution >= 0.6 is 0 Å². The van der Waals surface area contributed by atoms with Gasteiger partial charge in [-0.3, -0.25) is 9.69 Å². The van der Waals surface area contributed by atoms with Gasteiger partial charge in [-0.25, -0.2) is 4.79 Å². The number of amides is 1. The van der Waals surface area contributed by atoms with Crippen LogP contribution in [0.25, 0.3) is 10.8 Å². The van der Waals surface area contributed by atoms with Crippen LogP contribution in [-0.4, -0.2) is 46.1 Å². The number of benzene rings is 4. The van der Waals surface area contributed by atoms with Crippen molar-refractivity contribution in [3.8, 4) is 5.75 Å². The number of phenolic OH excluding ortho intramolecular Hbond substituents is 1. The number of hydrogen-bond donors (Lipinski definition) is 3. The minimum absolute atomic E-state index is 0.0397. The minimum atomic E-state index is -1.05. The number of aliphatic carboxylic acids is 1. The lowest BCUT2D eigenvalue weighted by atomic mass is 9.78. The smallest absolute Gasteiger partial charge is 0.326 e. The van der Waals surface area contributed by atoms with Gasteiger partial charge in [0.25, 0.3) is 0 Å². The molecule has 0 bridgehead atoms. The predicted molar refractivity (Wildman–Crippen MR) is 166 cm³/mol. The second kappa shape index (κ2) is 13.2. The molecule has 1 unspecified atom stereocenters. The van der Waals surface area contributed by atoms with Crippen LogP contribution in [0.5, 0.6) is 5.75 Å². The van der Waals surface area contributed by atoms with Gasteiger partial charge in [0.05, 0.1) is 5.92 Å². The van der Waals surface area contributed by atoms with E-state index < -0.39 is 17.9 Å². The SMILES string of the molecule is C[C@@H]1CCN(C[C@H](Cc2ccccc2)C(=O)N[C@H](Cc2cccc3ccccc23)C(=O)O)C(c2cccc(O)c2)[C@@H]1C. The van der Waals surface area contributed by atoms with Crippen LogP contribution < -0.4 is 5.32 Å². The Hall–Kier alpha value is -4.16. The molecule has 0 aromatic heterocycles. The Morgan fingerprint density at radius 3 is 2.38 bits per heavy atom. The third-order valence-electron chi connectivity index (χ3n) is 8.94. The molecule has 5 atom stereocenters. The minimum Gasteiger partial charge on any atom is -0.508 e. The molecule has 1 fully saturated rings. The molecule has 42 heavy (non-hydrogen) atoms. The van der Waals surface area contributed by atoms with Gasteiger partial charge in [-0.1, -0.05) is 98.8 Å². The lowest BCUT2D eigenvalue weighted by molar-refractivity contribution is -0.142. The Kier molecular flexibility index (Phi) is 9.23. The fourth-order valence-corrected chi connectivity index (χ4v) is 6.45. The van der Waals surface area contributed by atoms with Crippen LogP contribution in [-0.2, 0) is 22.4 Å². The first-order valence-electron chi connectivity index (χ1n) is 14.9. The zero-order chi connectivity index (χ0) is 29.6.